The largest absolute Gasteiger partial charge is 0.465 e. The number of ether oxygens (including phenoxy) is 2. The molecule has 0 aliphatic carbocycles. The molecular formula is C16H24O2. The van der Waals surface area contributed by atoms with Crippen molar-refractivity contribution in [2.45, 2.75) is 52.2 Å². The summed E-state index contributed by atoms with van der Waals surface area (Å²) >= 11 is 0. The Morgan fingerprint density at radius 2 is 2.06 bits per heavy atom. The lowest BCUT2D eigenvalue weighted by Gasteiger charge is -2.23. The molecule has 1 heterocycles. The van der Waals surface area contributed by atoms with Crippen LogP contribution in [0.4, 0.5) is 0 Å². The van der Waals surface area contributed by atoms with Crippen molar-refractivity contribution in [1.82, 2.24) is 0 Å². The number of hydrogen-bond donors (Lipinski definition) is 0. The van der Waals surface area contributed by atoms with Gasteiger partial charge in [-0.05, 0) is 42.9 Å². The topological polar surface area (TPSA) is 18.5 Å². The highest BCUT2D eigenvalue weighted by atomic mass is 16.7. The quantitative estimate of drug-likeness (QED) is 0.778. The van der Waals surface area contributed by atoms with Crippen LogP contribution in [0, 0.1) is 5.92 Å². The summed E-state index contributed by atoms with van der Waals surface area (Å²) in [5.41, 5.74) is 1.39. The van der Waals surface area contributed by atoms with E-state index in [0.29, 0.717) is 0 Å². The summed E-state index contributed by atoms with van der Waals surface area (Å²) in [7, 11) is 0. The maximum absolute atomic E-state index is 5.82. The summed E-state index contributed by atoms with van der Waals surface area (Å²) in [5.74, 6) is 1.67. The molecule has 2 heteroatoms. The predicted molar refractivity (Wildman–Crippen MR) is 73.8 cm³/mol. The lowest BCUT2D eigenvalue weighted by atomic mass is 9.99. The van der Waals surface area contributed by atoms with E-state index in [1.54, 1.807) is 0 Å². The molecule has 0 spiro atoms. The van der Waals surface area contributed by atoms with Gasteiger partial charge in [0.1, 0.15) is 5.75 Å². The third-order valence-corrected chi connectivity index (χ3v) is 3.61. The minimum Gasteiger partial charge on any atom is -0.465 e. The summed E-state index contributed by atoms with van der Waals surface area (Å²) in [6.45, 7) is 5.36. The Morgan fingerprint density at radius 1 is 1.28 bits per heavy atom. The number of benzene rings is 1. The van der Waals surface area contributed by atoms with E-state index in [-0.39, 0.29) is 6.29 Å². The molecule has 0 amide bonds. The van der Waals surface area contributed by atoms with Crippen LogP contribution in [0.2, 0.25) is 0 Å². The normalized spacial score (nSPS) is 21.6. The first-order valence-corrected chi connectivity index (χ1v) is 7.15. The van der Waals surface area contributed by atoms with E-state index in [4.69, 9.17) is 9.47 Å². The van der Waals surface area contributed by atoms with Gasteiger partial charge in [0.25, 0.3) is 0 Å². The Labute approximate surface area is 110 Å². The predicted octanol–water partition coefficient (Wildman–Crippen LogP) is 4.18. The van der Waals surface area contributed by atoms with Gasteiger partial charge < -0.3 is 9.47 Å². The maximum atomic E-state index is 5.82. The van der Waals surface area contributed by atoms with E-state index in [1.165, 1.54) is 18.4 Å². The van der Waals surface area contributed by atoms with Crippen molar-refractivity contribution >= 4 is 0 Å². The van der Waals surface area contributed by atoms with Gasteiger partial charge in [0.2, 0.25) is 0 Å². The molecule has 1 aromatic carbocycles. The average molecular weight is 248 g/mol. The van der Waals surface area contributed by atoms with Crippen molar-refractivity contribution in [1.29, 1.82) is 0 Å². The van der Waals surface area contributed by atoms with E-state index in [1.807, 2.05) is 0 Å². The third-order valence-electron chi connectivity index (χ3n) is 3.61. The van der Waals surface area contributed by atoms with Crippen molar-refractivity contribution in [3.05, 3.63) is 29.8 Å². The van der Waals surface area contributed by atoms with Crippen molar-refractivity contribution in [2.24, 2.45) is 5.92 Å². The minimum atomic E-state index is -0.0424. The molecule has 2 rings (SSSR count). The zero-order valence-corrected chi connectivity index (χ0v) is 11.5. The first-order chi connectivity index (χ1) is 8.78. The molecule has 1 aliphatic heterocycles. The van der Waals surface area contributed by atoms with Crippen LogP contribution < -0.4 is 4.74 Å². The van der Waals surface area contributed by atoms with Crippen LogP contribution in [0.15, 0.2) is 24.3 Å². The first-order valence-electron chi connectivity index (χ1n) is 7.15. The summed E-state index contributed by atoms with van der Waals surface area (Å²) in [4.78, 5) is 0. The third kappa shape index (κ3) is 4.02. The Kier molecular flexibility index (Phi) is 5.06. The van der Waals surface area contributed by atoms with E-state index in [0.717, 1.165) is 37.5 Å². The smallest absolute Gasteiger partial charge is 0.199 e. The molecule has 18 heavy (non-hydrogen) atoms. The van der Waals surface area contributed by atoms with Gasteiger partial charge >= 0.3 is 0 Å². The second-order valence-electron chi connectivity index (χ2n) is 5.28. The summed E-state index contributed by atoms with van der Waals surface area (Å²) in [6.07, 6.45) is 5.71. The van der Waals surface area contributed by atoms with E-state index in [9.17, 15) is 0 Å². The van der Waals surface area contributed by atoms with Crippen LogP contribution in [-0.4, -0.2) is 12.9 Å². The average Bonchev–Trinajstić information content (AvgIpc) is 2.42. The molecule has 0 bridgehead atoms. The van der Waals surface area contributed by atoms with E-state index in [2.05, 4.69) is 38.1 Å². The SMILES string of the molecule is CCC(C)Cc1ccc(OC2CCCCO2)cc1. The van der Waals surface area contributed by atoms with Gasteiger partial charge in [-0.2, -0.15) is 0 Å². The number of rotatable bonds is 5. The van der Waals surface area contributed by atoms with Crippen molar-refractivity contribution in [3.8, 4) is 5.75 Å². The summed E-state index contributed by atoms with van der Waals surface area (Å²) in [6, 6.07) is 8.47. The number of hydrogen-bond acceptors (Lipinski definition) is 2. The molecule has 1 aromatic rings. The molecule has 1 saturated heterocycles. The van der Waals surface area contributed by atoms with Gasteiger partial charge in [-0.3, -0.25) is 0 Å². The standard InChI is InChI=1S/C16H24O2/c1-3-13(2)12-14-7-9-15(10-8-14)18-16-6-4-5-11-17-16/h7-10,13,16H,3-6,11-12H2,1-2H3. The van der Waals surface area contributed by atoms with Crippen molar-refractivity contribution < 1.29 is 9.47 Å². The molecule has 1 aliphatic rings. The first kappa shape index (κ1) is 13.4. The molecule has 0 aromatic heterocycles. The zero-order chi connectivity index (χ0) is 12.8. The molecule has 100 valence electrons. The van der Waals surface area contributed by atoms with Crippen LogP contribution in [0.5, 0.6) is 5.75 Å². The zero-order valence-electron chi connectivity index (χ0n) is 11.5. The fourth-order valence-corrected chi connectivity index (χ4v) is 2.21. The van der Waals surface area contributed by atoms with Crippen LogP contribution >= 0.6 is 0 Å². The lowest BCUT2D eigenvalue weighted by Crippen LogP contribution is -2.24. The van der Waals surface area contributed by atoms with Crippen LogP contribution in [0.25, 0.3) is 0 Å². The van der Waals surface area contributed by atoms with E-state index < -0.39 is 0 Å². The van der Waals surface area contributed by atoms with Crippen molar-refractivity contribution in [2.75, 3.05) is 6.61 Å². The van der Waals surface area contributed by atoms with Gasteiger partial charge in [-0.15, -0.1) is 0 Å². The maximum Gasteiger partial charge on any atom is 0.199 e. The van der Waals surface area contributed by atoms with Gasteiger partial charge in [-0.1, -0.05) is 32.4 Å². The monoisotopic (exact) mass is 248 g/mol. The highest BCUT2D eigenvalue weighted by Gasteiger charge is 2.14. The van der Waals surface area contributed by atoms with Gasteiger partial charge in [-0.25, -0.2) is 0 Å². The molecule has 2 unspecified atom stereocenters. The minimum absolute atomic E-state index is 0.0424. The molecule has 0 saturated carbocycles. The van der Waals surface area contributed by atoms with Gasteiger partial charge in [0.15, 0.2) is 6.29 Å². The Morgan fingerprint density at radius 3 is 2.67 bits per heavy atom. The Bertz CT molecular complexity index is 339. The molecule has 0 N–H and O–H groups in total. The lowest BCUT2D eigenvalue weighted by molar-refractivity contribution is -0.105. The highest BCUT2D eigenvalue weighted by Crippen LogP contribution is 2.20. The van der Waals surface area contributed by atoms with Gasteiger partial charge in [0.05, 0.1) is 6.61 Å². The second-order valence-corrected chi connectivity index (χ2v) is 5.28. The fraction of sp³-hybridized carbons (Fsp3) is 0.625. The van der Waals surface area contributed by atoms with Crippen molar-refractivity contribution in [3.63, 3.8) is 0 Å². The van der Waals surface area contributed by atoms with E-state index >= 15 is 0 Å². The van der Waals surface area contributed by atoms with Crippen LogP contribution in [-0.2, 0) is 11.2 Å². The summed E-state index contributed by atoms with van der Waals surface area (Å²) in [5, 5.41) is 0. The second kappa shape index (κ2) is 6.79. The summed E-state index contributed by atoms with van der Waals surface area (Å²) < 4.78 is 11.4. The molecule has 2 atom stereocenters. The van der Waals surface area contributed by atoms with Gasteiger partial charge in [0, 0.05) is 6.42 Å². The molecule has 2 nitrogen and oxygen atoms in total. The Balaban J connectivity index is 1.86. The fourth-order valence-electron chi connectivity index (χ4n) is 2.21. The molecular weight excluding hydrogens is 224 g/mol. The molecule has 0 radical (unpaired) electrons. The molecule has 1 fully saturated rings. The highest BCUT2D eigenvalue weighted by molar-refractivity contribution is 5.27. The Hall–Kier alpha value is -1.02. The van der Waals surface area contributed by atoms with Crippen LogP contribution in [0.3, 0.4) is 0 Å². The van der Waals surface area contributed by atoms with Crippen LogP contribution in [0.1, 0.15) is 45.1 Å².